The molecule has 6 heteroatoms. The molecule has 5 nitrogen and oxygen atoms in total. The molecule has 1 aliphatic heterocycles. The van der Waals surface area contributed by atoms with Gasteiger partial charge in [0, 0.05) is 18.0 Å². The van der Waals surface area contributed by atoms with Gasteiger partial charge in [-0.1, -0.05) is 6.92 Å². The van der Waals surface area contributed by atoms with Crippen molar-refractivity contribution in [2.45, 2.75) is 53.0 Å². The maximum Gasteiger partial charge on any atom is 0.264 e. The molecule has 1 saturated heterocycles. The number of carbonyl (C=O) groups excluding carboxylic acids is 1. The summed E-state index contributed by atoms with van der Waals surface area (Å²) >= 11 is 1.64. The highest BCUT2D eigenvalue weighted by molar-refractivity contribution is 7.14. The van der Waals surface area contributed by atoms with E-state index in [1.807, 2.05) is 29.5 Å². The van der Waals surface area contributed by atoms with E-state index >= 15 is 0 Å². The zero-order valence-electron chi connectivity index (χ0n) is 14.3. The summed E-state index contributed by atoms with van der Waals surface area (Å²) in [6.07, 6.45) is 3.06. The van der Waals surface area contributed by atoms with Crippen molar-refractivity contribution in [1.29, 1.82) is 0 Å². The Bertz CT molecular complexity index is 718. The van der Waals surface area contributed by atoms with Gasteiger partial charge in [0.05, 0.1) is 10.9 Å². The van der Waals surface area contributed by atoms with Gasteiger partial charge in [-0.25, -0.2) is 9.67 Å². The number of hydrogen-bond acceptors (Lipinski definition) is 4. The van der Waals surface area contributed by atoms with Crippen molar-refractivity contribution in [3.8, 4) is 0 Å². The van der Waals surface area contributed by atoms with Crippen molar-refractivity contribution >= 4 is 17.2 Å². The van der Waals surface area contributed by atoms with E-state index in [0.29, 0.717) is 0 Å². The topological polar surface area (TPSA) is 51.0 Å². The lowest BCUT2D eigenvalue weighted by Crippen LogP contribution is -2.41. The highest BCUT2D eigenvalue weighted by Crippen LogP contribution is 2.27. The third-order valence-electron chi connectivity index (χ3n) is 4.49. The molecule has 1 fully saturated rings. The summed E-state index contributed by atoms with van der Waals surface area (Å²) in [6, 6.07) is 2.28. The molecule has 124 valence electrons. The van der Waals surface area contributed by atoms with Gasteiger partial charge in [0.1, 0.15) is 11.6 Å². The molecule has 0 radical (unpaired) electrons. The standard InChI is InChI=1S/C17H24N4OS/c1-5-15-11(2)9-16(23-15)17(22)20-8-6-7-14(10-20)21-13(4)18-12(3)19-21/h9,14H,5-8,10H2,1-4H3. The van der Waals surface area contributed by atoms with Crippen LogP contribution in [0.2, 0.25) is 0 Å². The minimum Gasteiger partial charge on any atom is -0.336 e. The van der Waals surface area contributed by atoms with Crippen molar-refractivity contribution in [2.24, 2.45) is 0 Å². The Balaban J connectivity index is 1.77. The van der Waals surface area contributed by atoms with Gasteiger partial charge >= 0.3 is 0 Å². The van der Waals surface area contributed by atoms with E-state index in [-0.39, 0.29) is 11.9 Å². The van der Waals surface area contributed by atoms with Gasteiger partial charge in [0.2, 0.25) is 0 Å². The number of nitrogens with zero attached hydrogens (tertiary/aromatic N) is 4. The molecule has 3 heterocycles. The normalized spacial score (nSPS) is 18.4. The monoisotopic (exact) mass is 332 g/mol. The minimum absolute atomic E-state index is 0.164. The molecular weight excluding hydrogens is 308 g/mol. The molecule has 2 aromatic heterocycles. The Hall–Kier alpha value is -1.69. The zero-order valence-corrected chi connectivity index (χ0v) is 15.1. The maximum absolute atomic E-state index is 12.8. The highest BCUT2D eigenvalue weighted by Gasteiger charge is 2.28. The molecule has 0 N–H and O–H groups in total. The number of amides is 1. The van der Waals surface area contributed by atoms with Crippen LogP contribution in [0.3, 0.4) is 0 Å². The van der Waals surface area contributed by atoms with Crippen LogP contribution in [-0.2, 0) is 6.42 Å². The molecule has 0 aliphatic carbocycles. The smallest absolute Gasteiger partial charge is 0.264 e. The quantitative estimate of drug-likeness (QED) is 0.866. The van der Waals surface area contributed by atoms with Crippen LogP contribution < -0.4 is 0 Å². The summed E-state index contributed by atoms with van der Waals surface area (Å²) in [7, 11) is 0. The van der Waals surface area contributed by atoms with E-state index in [2.05, 4.69) is 23.9 Å². The Morgan fingerprint density at radius 2 is 2.17 bits per heavy atom. The molecule has 0 spiro atoms. The van der Waals surface area contributed by atoms with Crippen LogP contribution >= 0.6 is 11.3 Å². The first-order chi connectivity index (χ1) is 11.0. The van der Waals surface area contributed by atoms with Crippen LogP contribution in [0.5, 0.6) is 0 Å². The average molecular weight is 332 g/mol. The molecular formula is C17H24N4OS. The molecule has 0 aromatic carbocycles. The second-order valence-electron chi connectivity index (χ2n) is 6.27. The number of likely N-dealkylation sites (tertiary alicyclic amines) is 1. The summed E-state index contributed by atoms with van der Waals surface area (Å²) in [4.78, 5) is 21.4. The lowest BCUT2D eigenvalue weighted by atomic mass is 10.1. The number of piperidine rings is 1. The number of carbonyl (C=O) groups is 1. The number of aryl methyl sites for hydroxylation is 4. The third-order valence-corrected chi connectivity index (χ3v) is 5.86. The minimum atomic E-state index is 0.164. The van der Waals surface area contributed by atoms with Gasteiger partial charge in [-0.05, 0) is 51.7 Å². The number of thiophene rings is 1. The van der Waals surface area contributed by atoms with Crippen molar-refractivity contribution < 1.29 is 4.79 Å². The van der Waals surface area contributed by atoms with E-state index in [9.17, 15) is 4.79 Å². The molecule has 1 aliphatic rings. The van der Waals surface area contributed by atoms with Gasteiger partial charge in [-0.15, -0.1) is 11.3 Å². The van der Waals surface area contributed by atoms with Crippen LogP contribution in [0.4, 0.5) is 0 Å². The van der Waals surface area contributed by atoms with Gasteiger partial charge in [-0.2, -0.15) is 5.10 Å². The van der Waals surface area contributed by atoms with Gasteiger partial charge in [0.25, 0.3) is 5.91 Å². The molecule has 23 heavy (non-hydrogen) atoms. The molecule has 2 aromatic rings. The first kappa shape index (κ1) is 16.2. The third kappa shape index (κ3) is 3.17. The summed E-state index contributed by atoms with van der Waals surface area (Å²) in [5.41, 5.74) is 1.23. The van der Waals surface area contributed by atoms with Crippen molar-refractivity contribution in [3.05, 3.63) is 33.0 Å². The predicted octanol–water partition coefficient (Wildman–Crippen LogP) is 3.30. The predicted molar refractivity (Wildman–Crippen MR) is 92.1 cm³/mol. The number of rotatable bonds is 3. The molecule has 0 saturated carbocycles. The van der Waals surface area contributed by atoms with Crippen LogP contribution in [0.15, 0.2) is 6.07 Å². The Labute approximate surface area is 141 Å². The first-order valence-electron chi connectivity index (χ1n) is 8.28. The summed E-state index contributed by atoms with van der Waals surface area (Å²) < 4.78 is 1.99. The summed E-state index contributed by atoms with van der Waals surface area (Å²) in [5.74, 6) is 1.89. The van der Waals surface area contributed by atoms with Crippen molar-refractivity contribution in [2.75, 3.05) is 13.1 Å². The second-order valence-corrected chi connectivity index (χ2v) is 7.41. The van der Waals surface area contributed by atoms with E-state index in [0.717, 1.165) is 48.9 Å². The number of hydrogen-bond donors (Lipinski definition) is 0. The zero-order chi connectivity index (χ0) is 16.6. The molecule has 1 atom stereocenters. The van der Waals surface area contributed by atoms with Crippen molar-refractivity contribution in [3.63, 3.8) is 0 Å². The van der Waals surface area contributed by atoms with Gasteiger partial charge < -0.3 is 4.90 Å². The number of aromatic nitrogens is 3. The van der Waals surface area contributed by atoms with Crippen LogP contribution in [0.25, 0.3) is 0 Å². The maximum atomic E-state index is 12.8. The average Bonchev–Trinajstić information content (AvgIpc) is 3.08. The second kappa shape index (κ2) is 6.43. The van der Waals surface area contributed by atoms with E-state index < -0.39 is 0 Å². The molecule has 3 rings (SSSR count). The van der Waals surface area contributed by atoms with E-state index in [1.54, 1.807) is 11.3 Å². The fourth-order valence-electron chi connectivity index (χ4n) is 3.35. The van der Waals surface area contributed by atoms with E-state index in [1.165, 1.54) is 10.4 Å². The lowest BCUT2D eigenvalue weighted by molar-refractivity contribution is 0.0676. The van der Waals surface area contributed by atoms with Crippen LogP contribution in [0, 0.1) is 20.8 Å². The van der Waals surface area contributed by atoms with Gasteiger partial charge in [-0.3, -0.25) is 4.79 Å². The van der Waals surface area contributed by atoms with Gasteiger partial charge in [0.15, 0.2) is 0 Å². The lowest BCUT2D eigenvalue weighted by Gasteiger charge is -2.32. The molecule has 1 amide bonds. The molecule has 1 unspecified atom stereocenters. The van der Waals surface area contributed by atoms with Crippen LogP contribution in [-0.4, -0.2) is 38.7 Å². The Morgan fingerprint density at radius 1 is 1.39 bits per heavy atom. The fraction of sp³-hybridized carbons (Fsp3) is 0.588. The Morgan fingerprint density at radius 3 is 2.78 bits per heavy atom. The largest absolute Gasteiger partial charge is 0.336 e. The SMILES string of the molecule is CCc1sc(C(=O)N2CCCC(n3nc(C)nc3C)C2)cc1C. The van der Waals surface area contributed by atoms with E-state index in [4.69, 9.17) is 0 Å². The fourth-order valence-corrected chi connectivity index (χ4v) is 4.43. The van der Waals surface area contributed by atoms with Crippen LogP contribution in [0.1, 0.15) is 57.6 Å². The highest BCUT2D eigenvalue weighted by atomic mass is 32.1. The molecule has 0 bridgehead atoms. The summed E-state index contributed by atoms with van der Waals surface area (Å²) in [5, 5.41) is 4.50. The summed E-state index contributed by atoms with van der Waals surface area (Å²) in [6.45, 7) is 9.68. The Kier molecular flexibility index (Phi) is 4.53. The first-order valence-corrected chi connectivity index (χ1v) is 9.09. The van der Waals surface area contributed by atoms with Crippen molar-refractivity contribution in [1.82, 2.24) is 19.7 Å².